The summed E-state index contributed by atoms with van der Waals surface area (Å²) >= 11 is 0. The normalized spacial score (nSPS) is 10.8. The summed E-state index contributed by atoms with van der Waals surface area (Å²) in [5, 5.41) is 0. The summed E-state index contributed by atoms with van der Waals surface area (Å²) in [5.41, 5.74) is 0.273. The fourth-order valence-electron chi connectivity index (χ4n) is 1.42. The molecule has 0 unspecified atom stereocenters. The Hall–Kier alpha value is -1.25. The van der Waals surface area contributed by atoms with Gasteiger partial charge in [0.1, 0.15) is 17.4 Å². The largest absolute Gasteiger partial charge is 0.299 e. The maximum Gasteiger partial charge on any atom is 0.137 e. The van der Waals surface area contributed by atoms with Gasteiger partial charge in [0.25, 0.3) is 0 Å². The Labute approximate surface area is 94.5 Å². The van der Waals surface area contributed by atoms with Crippen molar-refractivity contribution in [2.45, 2.75) is 33.1 Å². The van der Waals surface area contributed by atoms with Gasteiger partial charge in [0.05, 0.1) is 0 Å². The van der Waals surface area contributed by atoms with Gasteiger partial charge in [-0.15, -0.1) is 0 Å². The van der Waals surface area contributed by atoms with Crippen molar-refractivity contribution in [3.05, 3.63) is 35.4 Å². The van der Waals surface area contributed by atoms with Crippen LogP contribution in [0.3, 0.4) is 0 Å². The van der Waals surface area contributed by atoms with Gasteiger partial charge in [-0.2, -0.15) is 0 Å². The number of Topliss-reactive ketones (excluding diaryl/α,β-unsaturated/α-hetero) is 1. The van der Waals surface area contributed by atoms with E-state index in [2.05, 4.69) is 0 Å². The molecule has 1 aromatic rings. The van der Waals surface area contributed by atoms with Crippen LogP contribution in [0.2, 0.25) is 0 Å². The minimum Gasteiger partial charge on any atom is -0.299 e. The lowest BCUT2D eigenvalue weighted by molar-refractivity contribution is -0.118. The molecule has 16 heavy (non-hydrogen) atoms. The molecular weight excluding hydrogens is 210 g/mol. The summed E-state index contributed by atoms with van der Waals surface area (Å²) in [7, 11) is 0. The van der Waals surface area contributed by atoms with E-state index in [1.165, 1.54) is 12.1 Å². The molecule has 1 aromatic carbocycles. The van der Waals surface area contributed by atoms with E-state index in [-0.39, 0.29) is 17.8 Å². The topological polar surface area (TPSA) is 17.1 Å². The molecule has 0 spiro atoms. The average Bonchev–Trinajstić information content (AvgIpc) is 2.19. The summed E-state index contributed by atoms with van der Waals surface area (Å²) < 4.78 is 25.8. The first-order valence-electron chi connectivity index (χ1n) is 5.44. The number of halogens is 2. The van der Waals surface area contributed by atoms with Crippen molar-refractivity contribution in [2.75, 3.05) is 0 Å². The van der Waals surface area contributed by atoms with E-state index >= 15 is 0 Å². The van der Waals surface area contributed by atoms with Crippen LogP contribution in [0.5, 0.6) is 0 Å². The summed E-state index contributed by atoms with van der Waals surface area (Å²) in [6.07, 6.45) is 1.31. The van der Waals surface area contributed by atoms with E-state index < -0.39 is 11.6 Å². The van der Waals surface area contributed by atoms with Gasteiger partial charge in [0, 0.05) is 18.9 Å². The monoisotopic (exact) mass is 226 g/mol. The lowest BCUT2D eigenvalue weighted by Gasteiger charge is -2.05. The smallest absolute Gasteiger partial charge is 0.137 e. The average molecular weight is 226 g/mol. The first-order chi connectivity index (χ1) is 7.49. The van der Waals surface area contributed by atoms with Crippen LogP contribution in [0.4, 0.5) is 8.78 Å². The van der Waals surface area contributed by atoms with Crippen molar-refractivity contribution >= 4 is 5.78 Å². The van der Waals surface area contributed by atoms with E-state index in [9.17, 15) is 13.6 Å². The van der Waals surface area contributed by atoms with Crippen LogP contribution in [0.15, 0.2) is 18.2 Å². The molecule has 0 radical (unpaired) electrons. The van der Waals surface area contributed by atoms with Gasteiger partial charge < -0.3 is 0 Å². The molecule has 0 atom stereocenters. The van der Waals surface area contributed by atoms with E-state index in [1.807, 2.05) is 13.8 Å². The number of benzene rings is 1. The van der Waals surface area contributed by atoms with Crippen molar-refractivity contribution < 1.29 is 13.6 Å². The van der Waals surface area contributed by atoms with Gasteiger partial charge in [0.15, 0.2) is 0 Å². The Bertz CT molecular complexity index is 372. The molecule has 0 aliphatic rings. The maximum absolute atomic E-state index is 13.2. The summed E-state index contributed by atoms with van der Waals surface area (Å²) in [4.78, 5) is 11.5. The zero-order chi connectivity index (χ0) is 12.1. The van der Waals surface area contributed by atoms with Crippen LogP contribution < -0.4 is 0 Å². The molecule has 0 bridgehead atoms. The van der Waals surface area contributed by atoms with Crippen LogP contribution in [0, 0.1) is 17.6 Å². The van der Waals surface area contributed by atoms with Gasteiger partial charge in [-0.1, -0.05) is 19.9 Å². The van der Waals surface area contributed by atoms with Crippen LogP contribution in [-0.4, -0.2) is 5.78 Å². The molecule has 0 aliphatic heterocycles. The third-order valence-corrected chi connectivity index (χ3v) is 2.40. The van der Waals surface area contributed by atoms with Crippen molar-refractivity contribution in [2.24, 2.45) is 5.92 Å². The van der Waals surface area contributed by atoms with E-state index in [1.54, 1.807) is 0 Å². The SMILES string of the molecule is CC(C)CCC(=O)Cc1ccc(F)cc1F. The molecule has 1 nitrogen and oxygen atoms in total. The number of hydrogen-bond donors (Lipinski definition) is 0. The van der Waals surface area contributed by atoms with Crippen molar-refractivity contribution in [1.82, 2.24) is 0 Å². The predicted octanol–water partition coefficient (Wildman–Crippen LogP) is 3.51. The molecule has 0 aromatic heterocycles. The first kappa shape index (κ1) is 12.8. The van der Waals surface area contributed by atoms with E-state index in [0.29, 0.717) is 12.3 Å². The quantitative estimate of drug-likeness (QED) is 0.750. The minimum absolute atomic E-state index is 0.000733. The van der Waals surface area contributed by atoms with E-state index in [4.69, 9.17) is 0 Å². The summed E-state index contributed by atoms with van der Waals surface area (Å²) in [6.45, 7) is 4.07. The fraction of sp³-hybridized carbons (Fsp3) is 0.462. The second-order valence-corrected chi connectivity index (χ2v) is 4.38. The number of carbonyl (C=O) groups excluding carboxylic acids is 1. The van der Waals surface area contributed by atoms with Crippen LogP contribution in [-0.2, 0) is 11.2 Å². The van der Waals surface area contributed by atoms with Gasteiger partial charge >= 0.3 is 0 Å². The zero-order valence-electron chi connectivity index (χ0n) is 9.59. The zero-order valence-corrected chi connectivity index (χ0v) is 9.59. The number of carbonyl (C=O) groups is 1. The molecule has 1 rings (SSSR count). The van der Waals surface area contributed by atoms with Crippen molar-refractivity contribution in [3.63, 3.8) is 0 Å². The number of rotatable bonds is 5. The van der Waals surface area contributed by atoms with Gasteiger partial charge in [-0.05, 0) is 24.0 Å². The lowest BCUT2D eigenvalue weighted by atomic mass is 10.0. The molecular formula is C13H16F2O. The lowest BCUT2D eigenvalue weighted by Crippen LogP contribution is -2.06. The Morgan fingerprint density at radius 3 is 2.56 bits per heavy atom. The minimum atomic E-state index is -0.641. The highest BCUT2D eigenvalue weighted by Gasteiger charge is 2.09. The highest BCUT2D eigenvalue weighted by Crippen LogP contribution is 2.12. The van der Waals surface area contributed by atoms with Gasteiger partial charge in [-0.3, -0.25) is 4.79 Å². The van der Waals surface area contributed by atoms with Crippen LogP contribution in [0.25, 0.3) is 0 Å². The second-order valence-electron chi connectivity index (χ2n) is 4.38. The Balaban J connectivity index is 2.56. The number of ketones is 1. The Morgan fingerprint density at radius 2 is 2.00 bits per heavy atom. The highest BCUT2D eigenvalue weighted by atomic mass is 19.1. The standard InChI is InChI=1S/C13H16F2O/c1-9(2)3-6-12(16)7-10-4-5-11(14)8-13(10)15/h4-5,8-9H,3,6-7H2,1-2H3. The number of hydrogen-bond acceptors (Lipinski definition) is 1. The molecule has 0 saturated carbocycles. The van der Waals surface area contributed by atoms with Crippen molar-refractivity contribution in [1.29, 1.82) is 0 Å². The summed E-state index contributed by atoms with van der Waals surface area (Å²) in [6, 6.07) is 3.32. The van der Waals surface area contributed by atoms with Crippen LogP contribution >= 0.6 is 0 Å². The third-order valence-electron chi connectivity index (χ3n) is 2.40. The highest BCUT2D eigenvalue weighted by molar-refractivity contribution is 5.80. The van der Waals surface area contributed by atoms with Crippen LogP contribution in [0.1, 0.15) is 32.3 Å². The van der Waals surface area contributed by atoms with Gasteiger partial charge in [0.2, 0.25) is 0 Å². The second kappa shape index (κ2) is 5.73. The molecule has 3 heteroatoms. The fourth-order valence-corrected chi connectivity index (χ4v) is 1.42. The molecule has 0 N–H and O–H groups in total. The molecule has 0 heterocycles. The predicted molar refractivity (Wildman–Crippen MR) is 59.1 cm³/mol. The Morgan fingerprint density at radius 1 is 1.31 bits per heavy atom. The molecule has 0 amide bonds. The van der Waals surface area contributed by atoms with Crippen molar-refractivity contribution in [3.8, 4) is 0 Å². The molecule has 0 aliphatic carbocycles. The Kier molecular flexibility index (Phi) is 4.59. The van der Waals surface area contributed by atoms with Gasteiger partial charge in [-0.25, -0.2) is 8.78 Å². The third kappa shape index (κ3) is 4.09. The first-order valence-corrected chi connectivity index (χ1v) is 5.44. The van der Waals surface area contributed by atoms with E-state index in [0.717, 1.165) is 12.5 Å². The molecule has 0 saturated heterocycles. The molecule has 88 valence electrons. The molecule has 0 fully saturated rings. The maximum atomic E-state index is 13.2. The summed E-state index contributed by atoms with van der Waals surface area (Å²) in [5.74, 6) is -0.796.